The molecule has 1 heterocycles. The first-order valence-electron chi connectivity index (χ1n) is 6.74. The van der Waals surface area contributed by atoms with Gasteiger partial charge in [0.1, 0.15) is 0 Å². The molecule has 6 nitrogen and oxygen atoms in total. The van der Waals surface area contributed by atoms with Crippen LogP contribution in [0.3, 0.4) is 0 Å². The molecular weight excluding hydrogens is 296 g/mol. The van der Waals surface area contributed by atoms with E-state index in [4.69, 9.17) is 16.7 Å². The summed E-state index contributed by atoms with van der Waals surface area (Å²) in [4.78, 5) is 25.0. The molecule has 0 bridgehead atoms. The summed E-state index contributed by atoms with van der Waals surface area (Å²) in [6.07, 6.45) is 2.57. The van der Waals surface area contributed by atoms with E-state index in [0.29, 0.717) is 11.6 Å². The summed E-state index contributed by atoms with van der Waals surface area (Å²) < 4.78 is 0. The number of likely N-dealkylation sites (tertiary alicyclic amines) is 1. The zero-order chi connectivity index (χ0) is 15.4. The fourth-order valence-electron chi connectivity index (χ4n) is 2.45. The Morgan fingerprint density at radius 3 is 2.81 bits per heavy atom. The van der Waals surface area contributed by atoms with E-state index in [1.807, 2.05) is 0 Å². The first-order valence-corrected chi connectivity index (χ1v) is 7.12. The second kappa shape index (κ2) is 6.78. The lowest BCUT2D eigenvalue weighted by Crippen LogP contribution is -2.47. The largest absolute Gasteiger partial charge is 0.478 e. The van der Waals surface area contributed by atoms with Crippen LogP contribution in [0.1, 0.15) is 29.6 Å². The van der Waals surface area contributed by atoms with Gasteiger partial charge in [-0.25, -0.2) is 9.59 Å². The minimum absolute atomic E-state index is 0.0229. The van der Waals surface area contributed by atoms with Gasteiger partial charge in [-0.05, 0) is 37.5 Å². The van der Waals surface area contributed by atoms with Crippen molar-refractivity contribution in [3.05, 3.63) is 28.8 Å². The van der Waals surface area contributed by atoms with Crippen LogP contribution in [0.15, 0.2) is 18.2 Å². The van der Waals surface area contributed by atoms with Gasteiger partial charge in [-0.1, -0.05) is 11.6 Å². The Balaban J connectivity index is 2.18. The van der Waals surface area contributed by atoms with Crippen LogP contribution in [-0.2, 0) is 0 Å². The molecule has 114 valence electrons. The molecule has 1 aliphatic heterocycles. The highest BCUT2D eigenvalue weighted by Gasteiger charge is 2.26. The van der Waals surface area contributed by atoms with Gasteiger partial charge in [-0.3, -0.25) is 0 Å². The lowest BCUT2D eigenvalue weighted by atomic mass is 10.0. The Labute approximate surface area is 127 Å². The molecule has 1 aliphatic rings. The van der Waals surface area contributed by atoms with E-state index in [9.17, 15) is 14.7 Å². The number of carboxylic acids is 1. The average molecular weight is 313 g/mol. The Morgan fingerprint density at radius 2 is 2.14 bits per heavy atom. The number of aromatic carboxylic acids is 1. The maximum atomic E-state index is 12.3. The highest BCUT2D eigenvalue weighted by molar-refractivity contribution is 6.31. The molecule has 21 heavy (non-hydrogen) atoms. The molecule has 0 aromatic heterocycles. The molecule has 1 fully saturated rings. The van der Waals surface area contributed by atoms with E-state index in [1.165, 1.54) is 23.1 Å². The molecule has 1 atom stereocenters. The molecule has 1 aromatic rings. The molecule has 3 N–H and O–H groups in total. The third-order valence-corrected chi connectivity index (χ3v) is 3.79. The summed E-state index contributed by atoms with van der Waals surface area (Å²) >= 11 is 5.85. The summed E-state index contributed by atoms with van der Waals surface area (Å²) in [5.41, 5.74) is 0.132. The number of carbonyl (C=O) groups excluding carboxylic acids is 1. The molecular formula is C14H17ClN2O4. The molecule has 1 unspecified atom stereocenters. The van der Waals surface area contributed by atoms with Crippen LogP contribution in [0.4, 0.5) is 10.5 Å². The number of nitrogens with zero attached hydrogens (tertiary/aromatic N) is 1. The first kappa shape index (κ1) is 15.6. The van der Waals surface area contributed by atoms with Gasteiger partial charge in [-0.15, -0.1) is 0 Å². The van der Waals surface area contributed by atoms with E-state index in [2.05, 4.69) is 5.32 Å². The van der Waals surface area contributed by atoms with Gasteiger partial charge < -0.3 is 20.4 Å². The van der Waals surface area contributed by atoms with Crippen molar-refractivity contribution in [3.63, 3.8) is 0 Å². The van der Waals surface area contributed by atoms with Crippen molar-refractivity contribution in [2.45, 2.75) is 25.3 Å². The van der Waals surface area contributed by atoms with Crippen LogP contribution in [0.2, 0.25) is 5.02 Å². The summed E-state index contributed by atoms with van der Waals surface area (Å²) in [5.74, 6) is -1.14. The third kappa shape index (κ3) is 3.65. The molecule has 2 amide bonds. The van der Waals surface area contributed by atoms with Gasteiger partial charge in [0, 0.05) is 11.6 Å². The van der Waals surface area contributed by atoms with Crippen molar-refractivity contribution in [1.29, 1.82) is 0 Å². The number of aliphatic hydroxyl groups is 1. The van der Waals surface area contributed by atoms with Crippen LogP contribution in [0.5, 0.6) is 0 Å². The Hall–Kier alpha value is -1.79. The Kier molecular flexibility index (Phi) is 5.03. The van der Waals surface area contributed by atoms with Gasteiger partial charge in [0.15, 0.2) is 0 Å². The maximum absolute atomic E-state index is 12.3. The molecule has 0 spiro atoms. The number of aliphatic hydroxyl groups excluding tert-OH is 1. The Morgan fingerprint density at radius 1 is 1.38 bits per heavy atom. The van der Waals surface area contributed by atoms with E-state index < -0.39 is 12.0 Å². The van der Waals surface area contributed by atoms with Gasteiger partial charge >= 0.3 is 12.0 Å². The minimum Gasteiger partial charge on any atom is -0.478 e. The van der Waals surface area contributed by atoms with Crippen LogP contribution in [0.25, 0.3) is 0 Å². The molecule has 1 saturated heterocycles. The van der Waals surface area contributed by atoms with Crippen molar-refractivity contribution < 1.29 is 19.8 Å². The predicted octanol–water partition coefficient (Wildman–Crippen LogP) is 2.42. The SMILES string of the molecule is O=C(O)c1ccc(Cl)cc1NC(=O)N1CCCCC1CO. The maximum Gasteiger partial charge on any atom is 0.337 e. The smallest absolute Gasteiger partial charge is 0.337 e. The van der Waals surface area contributed by atoms with Gasteiger partial charge in [-0.2, -0.15) is 0 Å². The monoisotopic (exact) mass is 312 g/mol. The zero-order valence-corrected chi connectivity index (χ0v) is 12.1. The van der Waals surface area contributed by atoms with E-state index in [1.54, 1.807) is 0 Å². The average Bonchev–Trinajstić information content (AvgIpc) is 2.46. The van der Waals surface area contributed by atoms with Crippen molar-refractivity contribution in [3.8, 4) is 0 Å². The number of hydrogen-bond acceptors (Lipinski definition) is 3. The second-order valence-corrected chi connectivity index (χ2v) is 5.39. The van der Waals surface area contributed by atoms with Gasteiger partial charge in [0.05, 0.1) is 23.9 Å². The number of amides is 2. The van der Waals surface area contributed by atoms with Crippen LogP contribution >= 0.6 is 11.6 Å². The number of piperidine rings is 1. The molecule has 0 radical (unpaired) electrons. The summed E-state index contributed by atoms with van der Waals surface area (Å²) in [6, 6.07) is 3.56. The zero-order valence-electron chi connectivity index (χ0n) is 11.4. The fourth-order valence-corrected chi connectivity index (χ4v) is 2.62. The quantitative estimate of drug-likeness (QED) is 0.799. The van der Waals surface area contributed by atoms with E-state index >= 15 is 0 Å². The summed E-state index contributed by atoms with van der Waals surface area (Å²) in [6.45, 7) is 0.439. The van der Waals surface area contributed by atoms with E-state index in [-0.39, 0.29) is 23.9 Å². The number of carboxylic acid groups (broad SMARTS) is 1. The van der Waals surface area contributed by atoms with Crippen molar-refractivity contribution in [2.24, 2.45) is 0 Å². The molecule has 0 saturated carbocycles. The molecule has 0 aliphatic carbocycles. The summed E-state index contributed by atoms with van der Waals surface area (Å²) in [5, 5.41) is 21.4. The minimum atomic E-state index is -1.14. The predicted molar refractivity (Wildman–Crippen MR) is 78.9 cm³/mol. The highest BCUT2D eigenvalue weighted by atomic mass is 35.5. The van der Waals surface area contributed by atoms with Crippen LogP contribution in [-0.4, -0.2) is 46.3 Å². The first-order chi connectivity index (χ1) is 10.0. The van der Waals surface area contributed by atoms with Crippen molar-refractivity contribution >= 4 is 29.3 Å². The number of carbonyl (C=O) groups is 2. The normalized spacial score (nSPS) is 18.4. The molecule has 7 heteroatoms. The lowest BCUT2D eigenvalue weighted by Gasteiger charge is -2.34. The van der Waals surface area contributed by atoms with Crippen molar-refractivity contribution in [2.75, 3.05) is 18.5 Å². The van der Waals surface area contributed by atoms with Crippen molar-refractivity contribution in [1.82, 2.24) is 4.90 Å². The molecule has 2 rings (SSSR count). The standard InChI is InChI=1S/C14H17ClN2O4/c15-9-4-5-11(13(19)20)12(7-9)16-14(21)17-6-2-1-3-10(17)8-18/h4-5,7,10,18H,1-3,6,8H2,(H,16,21)(H,19,20). The number of anilines is 1. The number of urea groups is 1. The second-order valence-electron chi connectivity index (χ2n) is 4.95. The van der Waals surface area contributed by atoms with Gasteiger partial charge in [0.2, 0.25) is 0 Å². The van der Waals surface area contributed by atoms with E-state index in [0.717, 1.165) is 19.3 Å². The number of hydrogen-bond donors (Lipinski definition) is 3. The number of halogens is 1. The Bertz CT molecular complexity index is 550. The van der Waals surface area contributed by atoms with Gasteiger partial charge in [0.25, 0.3) is 0 Å². The lowest BCUT2D eigenvalue weighted by molar-refractivity contribution is 0.0698. The number of nitrogens with one attached hydrogen (secondary N) is 1. The highest BCUT2D eigenvalue weighted by Crippen LogP contribution is 2.23. The van der Waals surface area contributed by atoms with Crippen LogP contribution in [0, 0.1) is 0 Å². The number of rotatable bonds is 3. The number of benzene rings is 1. The third-order valence-electron chi connectivity index (χ3n) is 3.55. The topological polar surface area (TPSA) is 89.9 Å². The summed E-state index contributed by atoms with van der Waals surface area (Å²) in [7, 11) is 0. The fraction of sp³-hybridized carbons (Fsp3) is 0.429. The van der Waals surface area contributed by atoms with Crippen LogP contribution < -0.4 is 5.32 Å². The molecule has 1 aromatic carbocycles.